The fraction of sp³-hybridized carbons (Fsp3) is 0.625. The predicted molar refractivity (Wildman–Crippen MR) is 90.2 cm³/mol. The normalized spacial score (nSPS) is 25.5. The highest BCUT2D eigenvalue weighted by Gasteiger charge is 2.35. The van der Waals surface area contributed by atoms with E-state index in [1.807, 2.05) is 12.1 Å². The topological polar surface area (TPSA) is 29.3 Å². The number of halogens is 2. The molecule has 2 nitrogen and oxygen atoms in total. The third-order valence-corrected chi connectivity index (χ3v) is 4.99. The van der Waals surface area contributed by atoms with E-state index in [-0.39, 0.29) is 17.6 Å². The van der Waals surface area contributed by atoms with Gasteiger partial charge in [-0.05, 0) is 57.9 Å². The second-order valence-electron chi connectivity index (χ2n) is 6.63. The highest BCUT2D eigenvalue weighted by molar-refractivity contribution is 9.10. The molecule has 1 aliphatic rings. The number of hydrogen-bond donors (Lipinski definition) is 1. The van der Waals surface area contributed by atoms with Gasteiger partial charge < -0.3 is 5.73 Å². The van der Waals surface area contributed by atoms with Crippen LogP contribution < -0.4 is 5.73 Å². The minimum Gasteiger partial charge on any atom is -0.326 e. The summed E-state index contributed by atoms with van der Waals surface area (Å²) in [6.07, 6.45) is 3.49. The molecular formula is C16H24BrClN2. The molecule has 1 aromatic rings. The summed E-state index contributed by atoms with van der Waals surface area (Å²) < 4.78 is 1.06. The molecule has 0 aliphatic carbocycles. The number of benzene rings is 1. The van der Waals surface area contributed by atoms with Crippen LogP contribution in [0.15, 0.2) is 22.7 Å². The molecule has 0 saturated carbocycles. The largest absolute Gasteiger partial charge is 0.326 e. The highest BCUT2D eigenvalue weighted by atomic mass is 79.9. The number of likely N-dealkylation sites (tertiary alicyclic amines) is 1. The summed E-state index contributed by atoms with van der Waals surface area (Å²) >= 11 is 9.74. The van der Waals surface area contributed by atoms with Crippen LogP contribution in [0.4, 0.5) is 0 Å². The lowest BCUT2D eigenvalue weighted by Crippen LogP contribution is -2.49. The summed E-state index contributed by atoms with van der Waals surface area (Å²) in [6.45, 7) is 7.89. The smallest absolute Gasteiger partial charge is 0.0515 e. The molecule has 20 heavy (non-hydrogen) atoms. The Labute approximate surface area is 135 Å². The van der Waals surface area contributed by atoms with Crippen LogP contribution in [0.1, 0.15) is 51.6 Å². The van der Waals surface area contributed by atoms with Crippen LogP contribution >= 0.6 is 27.5 Å². The maximum Gasteiger partial charge on any atom is 0.0515 e. The van der Waals surface area contributed by atoms with Crippen molar-refractivity contribution in [2.24, 2.45) is 5.73 Å². The van der Waals surface area contributed by atoms with Crippen LogP contribution in [0, 0.1) is 0 Å². The van der Waals surface area contributed by atoms with E-state index in [4.69, 9.17) is 17.3 Å². The van der Waals surface area contributed by atoms with E-state index in [0.29, 0.717) is 0 Å². The second kappa shape index (κ2) is 6.35. The quantitative estimate of drug-likeness (QED) is 0.783. The van der Waals surface area contributed by atoms with Gasteiger partial charge in [0, 0.05) is 21.1 Å². The van der Waals surface area contributed by atoms with Crippen molar-refractivity contribution >= 4 is 27.5 Å². The van der Waals surface area contributed by atoms with Crippen LogP contribution in [0.2, 0.25) is 5.02 Å². The van der Waals surface area contributed by atoms with E-state index < -0.39 is 0 Å². The Morgan fingerprint density at radius 1 is 1.30 bits per heavy atom. The zero-order valence-corrected chi connectivity index (χ0v) is 14.8. The SMILES string of the molecule is CC(C)(C)N1CCCCC(N)C1c1ccc(Cl)cc1Br. The van der Waals surface area contributed by atoms with E-state index in [9.17, 15) is 0 Å². The monoisotopic (exact) mass is 358 g/mol. The minimum absolute atomic E-state index is 0.103. The van der Waals surface area contributed by atoms with Crippen molar-refractivity contribution in [3.05, 3.63) is 33.3 Å². The number of nitrogens with zero attached hydrogens (tertiary/aromatic N) is 1. The number of nitrogens with two attached hydrogens (primary N) is 1. The van der Waals surface area contributed by atoms with Gasteiger partial charge in [-0.1, -0.05) is 40.0 Å². The van der Waals surface area contributed by atoms with Gasteiger partial charge in [0.15, 0.2) is 0 Å². The van der Waals surface area contributed by atoms with Crippen LogP contribution in [-0.4, -0.2) is 23.0 Å². The van der Waals surface area contributed by atoms with Crippen molar-refractivity contribution < 1.29 is 0 Å². The van der Waals surface area contributed by atoms with Gasteiger partial charge in [-0.3, -0.25) is 4.90 Å². The molecule has 2 atom stereocenters. The molecule has 2 rings (SSSR count). The molecule has 4 heteroatoms. The standard InChI is InChI=1S/C16H24BrClN2/c1-16(2,3)20-9-5-4-6-14(19)15(20)12-8-7-11(18)10-13(12)17/h7-8,10,14-15H,4-6,9,19H2,1-3H3. The van der Waals surface area contributed by atoms with E-state index in [1.165, 1.54) is 18.4 Å². The van der Waals surface area contributed by atoms with E-state index in [0.717, 1.165) is 22.5 Å². The molecular weight excluding hydrogens is 336 g/mol. The fourth-order valence-corrected chi connectivity index (χ4v) is 4.00. The lowest BCUT2D eigenvalue weighted by Gasteiger charge is -2.43. The third kappa shape index (κ3) is 3.56. The second-order valence-corrected chi connectivity index (χ2v) is 7.93. The van der Waals surface area contributed by atoms with Crippen molar-refractivity contribution in [3.63, 3.8) is 0 Å². The molecule has 1 heterocycles. The van der Waals surface area contributed by atoms with Gasteiger partial charge >= 0.3 is 0 Å². The molecule has 0 spiro atoms. The van der Waals surface area contributed by atoms with Crippen molar-refractivity contribution in [2.75, 3.05) is 6.54 Å². The van der Waals surface area contributed by atoms with Crippen molar-refractivity contribution in [3.8, 4) is 0 Å². The Morgan fingerprint density at radius 2 is 2.00 bits per heavy atom. The van der Waals surface area contributed by atoms with Gasteiger partial charge in [0.2, 0.25) is 0 Å². The van der Waals surface area contributed by atoms with Crippen LogP contribution in [-0.2, 0) is 0 Å². The molecule has 0 aromatic heterocycles. The average molecular weight is 360 g/mol. The first-order valence-electron chi connectivity index (χ1n) is 7.28. The van der Waals surface area contributed by atoms with Crippen molar-refractivity contribution in [1.82, 2.24) is 4.90 Å². The summed E-state index contributed by atoms with van der Waals surface area (Å²) in [5.41, 5.74) is 7.86. The summed E-state index contributed by atoms with van der Waals surface area (Å²) in [6, 6.07) is 6.44. The fourth-order valence-electron chi connectivity index (χ4n) is 3.08. The lowest BCUT2D eigenvalue weighted by molar-refractivity contribution is 0.0752. The molecule has 1 aliphatic heterocycles. The molecule has 0 bridgehead atoms. The first kappa shape index (κ1) is 16.3. The minimum atomic E-state index is 0.103. The molecule has 1 fully saturated rings. The van der Waals surface area contributed by atoms with Crippen LogP contribution in [0.25, 0.3) is 0 Å². The van der Waals surface area contributed by atoms with E-state index >= 15 is 0 Å². The Bertz CT molecular complexity index is 470. The predicted octanol–water partition coefficient (Wildman–Crippen LogP) is 4.76. The highest BCUT2D eigenvalue weighted by Crippen LogP contribution is 2.38. The van der Waals surface area contributed by atoms with Crippen molar-refractivity contribution in [1.29, 1.82) is 0 Å². The average Bonchev–Trinajstić information content (AvgIpc) is 2.51. The Morgan fingerprint density at radius 3 is 2.60 bits per heavy atom. The molecule has 1 saturated heterocycles. The summed E-state index contributed by atoms with van der Waals surface area (Å²) in [5, 5.41) is 0.755. The van der Waals surface area contributed by atoms with Crippen LogP contribution in [0.5, 0.6) is 0 Å². The zero-order chi connectivity index (χ0) is 14.9. The van der Waals surface area contributed by atoms with E-state index in [1.54, 1.807) is 0 Å². The summed E-state index contributed by atoms with van der Waals surface area (Å²) in [5.74, 6) is 0. The summed E-state index contributed by atoms with van der Waals surface area (Å²) in [4.78, 5) is 2.54. The Kier molecular flexibility index (Phi) is 5.17. The van der Waals surface area contributed by atoms with Crippen LogP contribution in [0.3, 0.4) is 0 Å². The molecule has 2 unspecified atom stereocenters. The van der Waals surface area contributed by atoms with Gasteiger partial charge in [-0.2, -0.15) is 0 Å². The van der Waals surface area contributed by atoms with Gasteiger partial charge in [0.1, 0.15) is 0 Å². The number of hydrogen-bond acceptors (Lipinski definition) is 2. The Balaban J connectivity index is 2.45. The molecule has 0 radical (unpaired) electrons. The summed E-state index contributed by atoms with van der Waals surface area (Å²) in [7, 11) is 0. The van der Waals surface area contributed by atoms with E-state index in [2.05, 4.69) is 47.7 Å². The zero-order valence-electron chi connectivity index (χ0n) is 12.5. The van der Waals surface area contributed by atoms with Gasteiger partial charge in [-0.25, -0.2) is 0 Å². The molecule has 1 aromatic carbocycles. The first-order chi connectivity index (χ1) is 9.30. The first-order valence-corrected chi connectivity index (χ1v) is 8.45. The maximum absolute atomic E-state index is 6.51. The molecule has 2 N–H and O–H groups in total. The van der Waals surface area contributed by atoms with Crippen molar-refractivity contribution in [2.45, 2.75) is 57.7 Å². The third-order valence-electron chi connectivity index (χ3n) is 4.07. The van der Waals surface area contributed by atoms with Gasteiger partial charge in [0.05, 0.1) is 6.04 Å². The van der Waals surface area contributed by atoms with Gasteiger partial charge in [0.25, 0.3) is 0 Å². The number of rotatable bonds is 1. The van der Waals surface area contributed by atoms with Gasteiger partial charge in [-0.15, -0.1) is 0 Å². The maximum atomic E-state index is 6.51. The lowest BCUT2D eigenvalue weighted by atomic mass is 9.92. The molecule has 112 valence electrons. The Hall–Kier alpha value is -0.0900. The molecule has 0 amide bonds.